The SMILES string of the molecule is C=C(Cl)CNC(=O)CCC(N)c1ccccc1. The Morgan fingerprint density at radius 3 is 2.65 bits per heavy atom. The topological polar surface area (TPSA) is 55.1 Å². The van der Waals surface area contributed by atoms with Crippen LogP contribution in [-0.2, 0) is 4.79 Å². The summed E-state index contributed by atoms with van der Waals surface area (Å²) in [6.07, 6.45) is 1.00. The Labute approximate surface area is 107 Å². The summed E-state index contributed by atoms with van der Waals surface area (Å²) < 4.78 is 0. The van der Waals surface area contributed by atoms with Gasteiger partial charge in [-0.1, -0.05) is 48.5 Å². The van der Waals surface area contributed by atoms with Crippen LogP contribution in [0.5, 0.6) is 0 Å². The number of rotatable bonds is 6. The van der Waals surface area contributed by atoms with E-state index >= 15 is 0 Å². The molecule has 0 bridgehead atoms. The molecule has 1 atom stereocenters. The summed E-state index contributed by atoms with van der Waals surface area (Å²) in [6, 6.07) is 9.63. The minimum Gasteiger partial charge on any atom is -0.351 e. The van der Waals surface area contributed by atoms with Crippen molar-refractivity contribution < 1.29 is 4.79 Å². The molecule has 1 rings (SSSR count). The molecule has 4 heteroatoms. The van der Waals surface area contributed by atoms with Crippen LogP contribution in [0.15, 0.2) is 41.9 Å². The zero-order chi connectivity index (χ0) is 12.7. The van der Waals surface area contributed by atoms with Crippen molar-refractivity contribution in [3.05, 3.63) is 47.5 Å². The predicted octanol–water partition coefficient (Wildman–Crippen LogP) is 2.34. The van der Waals surface area contributed by atoms with Crippen molar-refractivity contribution in [1.29, 1.82) is 0 Å². The van der Waals surface area contributed by atoms with E-state index in [1.54, 1.807) is 0 Å². The summed E-state index contributed by atoms with van der Waals surface area (Å²) in [7, 11) is 0. The Kier molecular flexibility index (Phi) is 5.73. The van der Waals surface area contributed by atoms with Crippen LogP contribution in [0, 0.1) is 0 Å². The molecule has 1 aromatic rings. The van der Waals surface area contributed by atoms with Gasteiger partial charge in [0.25, 0.3) is 0 Å². The molecule has 0 heterocycles. The van der Waals surface area contributed by atoms with Gasteiger partial charge in [-0.25, -0.2) is 0 Å². The molecular weight excluding hydrogens is 236 g/mol. The van der Waals surface area contributed by atoms with Crippen molar-refractivity contribution in [2.45, 2.75) is 18.9 Å². The lowest BCUT2D eigenvalue weighted by Crippen LogP contribution is -2.25. The van der Waals surface area contributed by atoms with Crippen LogP contribution >= 0.6 is 11.6 Å². The highest BCUT2D eigenvalue weighted by molar-refractivity contribution is 6.29. The molecule has 3 nitrogen and oxygen atoms in total. The summed E-state index contributed by atoms with van der Waals surface area (Å²) >= 11 is 5.55. The minimum atomic E-state index is -0.110. The fourth-order valence-electron chi connectivity index (χ4n) is 1.44. The number of halogens is 1. The number of carbonyl (C=O) groups excluding carboxylic acids is 1. The van der Waals surface area contributed by atoms with Gasteiger partial charge in [0.1, 0.15) is 0 Å². The van der Waals surface area contributed by atoms with Crippen LogP contribution in [-0.4, -0.2) is 12.5 Å². The lowest BCUT2D eigenvalue weighted by molar-refractivity contribution is -0.121. The van der Waals surface area contributed by atoms with E-state index in [0.717, 1.165) is 5.56 Å². The van der Waals surface area contributed by atoms with Gasteiger partial charge >= 0.3 is 0 Å². The number of nitrogens with two attached hydrogens (primary N) is 1. The van der Waals surface area contributed by atoms with E-state index in [0.29, 0.717) is 24.4 Å². The third-order valence-electron chi connectivity index (χ3n) is 2.39. The normalized spacial score (nSPS) is 11.9. The second-order valence-electron chi connectivity index (χ2n) is 3.85. The van der Waals surface area contributed by atoms with Gasteiger partial charge in [-0.05, 0) is 12.0 Å². The third-order valence-corrected chi connectivity index (χ3v) is 2.52. The third kappa shape index (κ3) is 5.52. The minimum absolute atomic E-state index is 0.0572. The maximum absolute atomic E-state index is 11.4. The molecule has 0 spiro atoms. The van der Waals surface area contributed by atoms with Crippen molar-refractivity contribution in [2.75, 3.05) is 6.54 Å². The molecule has 1 amide bonds. The number of carbonyl (C=O) groups is 1. The van der Waals surface area contributed by atoms with Gasteiger partial charge < -0.3 is 11.1 Å². The van der Waals surface area contributed by atoms with E-state index in [2.05, 4.69) is 11.9 Å². The molecule has 1 unspecified atom stereocenters. The van der Waals surface area contributed by atoms with Gasteiger partial charge in [-0.15, -0.1) is 0 Å². The predicted molar refractivity (Wildman–Crippen MR) is 70.6 cm³/mol. The summed E-state index contributed by atoms with van der Waals surface area (Å²) in [5.41, 5.74) is 7.02. The Bertz CT molecular complexity index is 378. The van der Waals surface area contributed by atoms with Crippen molar-refractivity contribution in [2.24, 2.45) is 5.73 Å². The Hall–Kier alpha value is -1.32. The van der Waals surface area contributed by atoms with Crippen LogP contribution in [0.4, 0.5) is 0 Å². The monoisotopic (exact) mass is 252 g/mol. The van der Waals surface area contributed by atoms with Gasteiger partial charge in [-0.2, -0.15) is 0 Å². The Balaban J connectivity index is 2.31. The first-order valence-corrected chi connectivity index (χ1v) is 5.88. The van der Waals surface area contributed by atoms with Crippen molar-refractivity contribution >= 4 is 17.5 Å². The number of hydrogen-bond acceptors (Lipinski definition) is 2. The summed E-state index contributed by atoms with van der Waals surface area (Å²) in [4.78, 5) is 11.4. The fourth-order valence-corrected chi connectivity index (χ4v) is 1.50. The standard InChI is InChI=1S/C13H17ClN2O/c1-10(14)9-16-13(17)8-7-12(15)11-5-3-2-4-6-11/h2-6,12H,1,7-9,15H2,(H,16,17). The zero-order valence-corrected chi connectivity index (χ0v) is 10.4. The van der Waals surface area contributed by atoms with Crippen LogP contribution in [0.3, 0.4) is 0 Å². The number of benzene rings is 1. The summed E-state index contributed by atoms with van der Waals surface area (Å²) in [6.45, 7) is 3.80. The lowest BCUT2D eigenvalue weighted by Gasteiger charge is -2.11. The zero-order valence-electron chi connectivity index (χ0n) is 9.66. The highest BCUT2D eigenvalue weighted by Gasteiger charge is 2.08. The molecule has 0 aliphatic heterocycles. The van der Waals surface area contributed by atoms with Gasteiger partial charge in [-0.3, -0.25) is 4.79 Å². The average molecular weight is 253 g/mol. The first kappa shape index (κ1) is 13.7. The van der Waals surface area contributed by atoms with E-state index in [9.17, 15) is 4.79 Å². The number of hydrogen-bond donors (Lipinski definition) is 2. The highest BCUT2D eigenvalue weighted by atomic mass is 35.5. The number of nitrogens with one attached hydrogen (secondary N) is 1. The molecule has 17 heavy (non-hydrogen) atoms. The maximum Gasteiger partial charge on any atom is 0.220 e. The molecule has 1 aromatic carbocycles. The molecule has 0 radical (unpaired) electrons. The van der Waals surface area contributed by atoms with Crippen molar-refractivity contribution in [3.63, 3.8) is 0 Å². The molecule has 0 fully saturated rings. The largest absolute Gasteiger partial charge is 0.351 e. The Morgan fingerprint density at radius 1 is 1.41 bits per heavy atom. The molecule has 0 saturated heterocycles. The molecule has 0 aliphatic carbocycles. The van der Waals surface area contributed by atoms with Gasteiger partial charge in [0.2, 0.25) is 5.91 Å². The number of amides is 1. The van der Waals surface area contributed by atoms with E-state index in [-0.39, 0.29) is 11.9 Å². The Morgan fingerprint density at radius 2 is 2.06 bits per heavy atom. The van der Waals surface area contributed by atoms with Crippen molar-refractivity contribution in [3.8, 4) is 0 Å². The second kappa shape index (κ2) is 7.09. The molecule has 0 saturated carbocycles. The maximum atomic E-state index is 11.4. The van der Waals surface area contributed by atoms with Crippen LogP contribution in [0.25, 0.3) is 0 Å². The van der Waals surface area contributed by atoms with E-state index in [4.69, 9.17) is 17.3 Å². The van der Waals surface area contributed by atoms with Crippen LogP contribution in [0.1, 0.15) is 24.4 Å². The van der Waals surface area contributed by atoms with E-state index < -0.39 is 0 Å². The van der Waals surface area contributed by atoms with Crippen molar-refractivity contribution in [1.82, 2.24) is 5.32 Å². The average Bonchev–Trinajstić information content (AvgIpc) is 2.34. The lowest BCUT2D eigenvalue weighted by atomic mass is 10.0. The first-order valence-electron chi connectivity index (χ1n) is 5.50. The molecule has 3 N–H and O–H groups in total. The first-order chi connectivity index (χ1) is 8.09. The molecule has 0 aliphatic rings. The van der Waals surface area contributed by atoms with Gasteiger partial charge in [0.15, 0.2) is 0 Å². The summed E-state index contributed by atoms with van der Waals surface area (Å²) in [5, 5.41) is 3.08. The van der Waals surface area contributed by atoms with Crippen LogP contribution in [0.2, 0.25) is 0 Å². The van der Waals surface area contributed by atoms with E-state index in [1.807, 2.05) is 30.3 Å². The van der Waals surface area contributed by atoms with Crippen LogP contribution < -0.4 is 11.1 Å². The van der Waals surface area contributed by atoms with Gasteiger partial charge in [0, 0.05) is 17.5 Å². The summed E-state index contributed by atoms with van der Waals surface area (Å²) in [5.74, 6) is -0.0572. The fraction of sp³-hybridized carbons (Fsp3) is 0.308. The highest BCUT2D eigenvalue weighted by Crippen LogP contribution is 2.14. The van der Waals surface area contributed by atoms with E-state index in [1.165, 1.54) is 0 Å². The molecule has 92 valence electrons. The second-order valence-corrected chi connectivity index (χ2v) is 4.38. The quantitative estimate of drug-likeness (QED) is 0.817. The molecular formula is C13H17ClN2O. The van der Waals surface area contributed by atoms with Gasteiger partial charge in [0.05, 0.1) is 6.54 Å². The molecule has 0 aromatic heterocycles. The smallest absolute Gasteiger partial charge is 0.220 e.